The van der Waals surface area contributed by atoms with Gasteiger partial charge in [0, 0.05) is 18.5 Å². The smallest absolute Gasteiger partial charge is 0.263 e. The maximum absolute atomic E-state index is 5.94. The van der Waals surface area contributed by atoms with Crippen molar-refractivity contribution >= 4 is 17.4 Å². The Bertz CT molecular complexity index is 749. The summed E-state index contributed by atoms with van der Waals surface area (Å²) in [5.74, 6) is 1.43. The highest BCUT2D eigenvalue weighted by Gasteiger charge is 2.15. The molecular weight excluding hydrogens is 278 g/mol. The SMILES string of the molecule is Cn1ncc(-c2nc(Cc3cccc(Cl)c3)no2)c1N. The Morgan fingerprint density at radius 2 is 2.25 bits per heavy atom. The largest absolute Gasteiger partial charge is 0.383 e. The summed E-state index contributed by atoms with van der Waals surface area (Å²) < 4.78 is 6.77. The third-order valence-electron chi connectivity index (χ3n) is 2.93. The molecule has 0 fully saturated rings. The zero-order valence-corrected chi connectivity index (χ0v) is 11.5. The van der Waals surface area contributed by atoms with E-state index in [1.54, 1.807) is 17.9 Å². The third kappa shape index (κ3) is 2.37. The number of hydrogen-bond acceptors (Lipinski definition) is 5. The topological polar surface area (TPSA) is 82.8 Å². The van der Waals surface area contributed by atoms with Crippen molar-refractivity contribution in [2.75, 3.05) is 5.73 Å². The molecule has 20 heavy (non-hydrogen) atoms. The second kappa shape index (κ2) is 4.97. The van der Waals surface area contributed by atoms with Crippen LogP contribution in [-0.4, -0.2) is 19.9 Å². The van der Waals surface area contributed by atoms with Crippen LogP contribution in [0.2, 0.25) is 5.02 Å². The second-order valence-corrected chi connectivity index (χ2v) is 4.83. The first-order valence-electron chi connectivity index (χ1n) is 5.98. The Hall–Kier alpha value is -2.34. The number of nitrogen functional groups attached to an aromatic ring is 1. The molecule has 0 aliphatic rings. The van der Waals surface area contributed by atoms with Crippen LogP contribution in [-0.2, 0) is 13.5 Å². The van der Waals surface area contributed by atoms with Crippen LogP contribution in [0, 0.1) is 0 Å². The molecule has 0 amide bonds. The zero-order chi connectivity index (χ0) is 14.1. The van der Waals surface area contributed by atoms with Crippen LogP contribution in [0.5, 0.6) is 0 Å². The Balaban J connectivity index is 1.85. The highest BCUT2D eigenvalue weighted by Crippen LogP contribution is 2.23. The van der Waals surface area contributed by atoms with Gasteiger partial charge in [0.25, 0.3) is 5.89 Å². The summed E-state index contributed by atoms with van der Waals surface area (Å²) in [5, 5.41) is 8.67. The molecular formula is C13H12ClN5O. The lowest BCUT2D eigenvalue weighted by Crippen LogP contribution is -1.98. The summed E-state index contributed by atoms with van der Waals surface area (Å²) >= 11 is 5.94. The van der Waals surface area contributed by atoms with Crippen LogP contribution in [0.15, 0.2) is 35.0 Å². The van der Waals surface area contributed by atoms with Crippen LogP contribution >= 0.6 is 11.6 Å². The van der Waals surface area contributed by atoms with Gasteiger partial charge in [-0.25, -0.2) is 0 Å². The van der Waals surface area contributed by atoms with Gasteiger partial charge in [0.05, 0.1) is 6.20 Å². The van der Waals surface area contributed by atoms with Crippen molar-refractivity contribution in [1.82, 2.24) is 19.9 Å². The first-order chi connectivity index (χ1) is 9.63. The number of nitrogens with zero attached hydrogens (tertiary/aromatic N) is 4. The second-order valence-electron chi connectivity index (χ2n) is 4.39. The molecule has 0 radical (unpaired) electrons. The van der Waals surface area contributed by atoms with Gasteiger partial charge in [0.1, 0.15) is 11.4 Å². The van der Waals surface area contributed by atoms with Crippen LogP contribution in [0.4, 0.5) is 5.82 Å². The van der Waals surface area contributed by atoms with Gasteiger partial charge in [-0.15, -0.1) is 0 Å². The molecule has 7 heteroatoms. The first kappa shape index (κ1) is 12.7. The molecule has 2 aromatic heterocycles. The van der Waals surface area contributed by atoms with E-state index in [9.17, 15) is 0 Å². The standard InChI is InChI=1S/C13H12ClN5O/c1-19-12(15)10(7-16-19)13-17-11(18-20-13)6-8-3-2-4-9(14)5-8/h2-5,7H,6,15H2,1H3. The van der Waals surface area contributed by atoms with Crippen molar-refractivity contribution in [2.45, 2.75) is 6.42 Å². The van der Waals surface area contributed by atoms with Crippen LogP contribution < -0.4 is 5.73 Å². The van der Waals surface area contributed by atoms with E-state index in [4.69, 9.17) is 21.9 Å². The lowest BCUT2D eigenvalue weighted by Gasteiger charge is -1.96. The number of anilines is 1. The molecule has 0 atom stereocenters. The van der Waals surface area contributed by atoms with E-state index in [1.807, 2.05) is 24.3 Å². The van der Waals surface area contributed by atoms with Gasteiger partial charge in [-0.05, 0) is 17.7 Å². The zero-order valence-electron chi connectivity index (χ0n) is 10.7. The van der Waals surface area contributed by atoms with Crippen molar-refractivity contribution < 1.29 is 4.52 Å². The number of halogens is 1. The van der Waals surface area contributed by atoms with E-state index in [-0.39, 0.29) is 0 Å². The number of hydrogen-bond donors (Lipinski definition) is 1. The van der Waals surface area contributed by atoms with Crippen LogP contribution in [0.1, 0.15) is 11.4 Å². The van der Waals surface area contributed by atoms with E-state index >= 15 is 0 Å². The van der Waals surface area contributed by atoms with Crippen molar-refractivity contribution in [2.24, 2.45) is 7.05 Å². The molecule has 2 N–H and O–H groups in total. The molecule has 1 aromatic carbocycles. The number of rotatable bonds is 3. The molecule has 6 nitrogen and oxygen atoms in total. The normalized spacial score (nSPS) is 10.9. The Labute approximate surface area is 120 Å². The maximum Gasteiger partial charge on any atom is 0.263 e. The van der Waals surface area contributed by atoms with Gasteiger partial charge in [-0.3, -0.25) is 4.68 Å². The molecule has 102 valence electrons. The summed E-state index contributed by atoms with van der Waals surface area (Å²) in [6.07, 6.45) is 2.15. The summed E-state index contributed by atoms with van der Waals surface area (Å²) in [6.45, 7) is 0. The molecule has 0 spiro atoms. The fourth-order valence-electron chi connectivity index (χ4n) is 1.88. The molecule has 0 saturated carbocycles. The minimum absolute atomic E-state index is 0.368. The van der Waals surface area contributed by atoms with Gasteiger partial charge in [-0.2, -0.15) is 10.1 Å². The molecule has 3 aromatic rings. The molecule has 0 aliphatic heterocycles. The van der Waals surface area contributed by atoms with Gasteiger partial charge < -0.3 is 10.3 Å². The van der Waals surface area contributed by atoms with Crippen molar-refractivity contribution in [3.8, 4) is 11.5 Å². The average molecular weight is 290 g/mol. The maximum atomic E-state index is 5.94. The highest BCUT2D eigenvalue weighted by molar-refractivity contribution is 6.30. The molecule has 0 bridgehead atoms. The summed E-state index contributed by atoms with van der Waals surface area (Å²) in [7, 11) is 1.75. The van der Waals surface area contributed by atoms with Gasteiger partial charge in [0.15, 0.2) is 5.82 Å². The van der Waals surface area contributed by atoms with Crippen LogP contribution in [0.3, 0.4) is 0 Å². The fraction of sp³-hybridized carbons (Fsp3) is 0.154. The number of aryl methyl sites for hydroxylation is 1. The predicted molar refractivity (Wildman–Crippen MR) is 75.2 cm³/mol. The van der Waals surface area contributed by atoms with E-state index in [1.165, 1.54) is 0 Å². The Morgan fingerprint density at radius 3 is 2.95 bits per heavy atom. The summed E-state index contributed by atoms with van der Waals surface area (Å²) in [6, 6.07) is 7.54. The van der Waals surface area contributed by atoms with Gasteiger partial charge in [-0.1, -0.05) is 28.9 Å². The van der Waals surface area contributed by atoms with Crippen molar-refractivity contribution in [3.05, 3.63) is 46.9 Å². The first-order valence-corrected chi connectivity index (χ1v) is 6.36. The van der Waals surface area contributed by atoms with E-state index in [0.717, 1.165) is 5.56 Å². The van der Waals surface area contributed by atoms with Crippen molar-refractivity contribution in [1.29, 1.82) is 0 Å². The Kier molecular flexibility index (Phi) is 3.15. The van der Waals surface area contributed by atoms with Crippen molar-refractivity contribution in [3.63, 3.8) is 0 Å². The predicted octanol–water partition coefficient (Wildman–Crippen LogP) is 2.30. The Morgan fingerprint density at radius 1 is 1.40 bits per heavy atom. The average Bonchev–Trinajstić information content (AvgIpc) is 2.98. The minimum Gasteiger partial charge on any atom is -0.383 e. The molecule has 0 saturated heterocycles. The number of aromatic nitrogens is 4. The molecule has 2 heterocycles. The van der Waals surface area contributed by atoms with E-state index in [0.29, 0.717) is 34.5 Å². The lowest BCUT2D eigenvalue weighted by molar-refractivity contribution is 0.424. The number of nitrogens with two attached hydrogens (primary N) is 1. The molecule has 0 aliphatic carbocycles. The monoisotopic (exact) mass is 289 g/mol. The van der Waals surface area contributed by atoms with Gasteiger partial charge in [0.2, 0.25) is 0 Å². The summed E-state index contributed by atoms with van der Waals surface area (Å²) in [4.78, 5) is 4.33. The third-order valence-corrected chi connectivity index (χ3v) is 3.17. The van der Waals surface area contributed by atoms with Crippen LogP contribution in [0.25, 0.3) is 11.5 Å². The van der Waals surface area contributed by atoms with Gasteiger partial charge >= 0.3 is 0 Å². The lowest BCUT2D eigenvalue weighted by atomic mass is 10.1. The van der Waals surface area contributed by atoms with E-state index < -0.39 is 0 Å². The number of benzene rings is 1. The quantitative estimate of drug-likeness (QED) is 0.800. The highest BCUT2D eigenvalue weighted by atomic mass is 35.5. The minimum atomic E-state index is 0.368. The fourth-order valence-corrected chi connectivity index (χ4v) is 2.09. The summed E-state index contributed by atoms with van der Waals surface area (Å²) in [5.41, 5.74) is 7.53. The van der Waals surface area contributed by atoms with E-state index in [2.05, 4.69) is 15.2 Å². The molecule has 3 rings (SSSR count). The molecule has 0 unspecified atom stereocenters.